The zero-order valence-corrected chi connectivity index (χ0v) is 12.3. The number of hydrogen-bond acceptors (Lipinski definition) is 5. The molecule has 0 saturated heterocycles. The third-order valence-electron chi connectivity index (χ3n) is 3.54. The van der Waals surface area contributed by atoms with Crippen molar-refractivity contribution in [2.75, 3.05) is 5.32 Å². The number of anilines is 1. The fourth-order valence-electron chi connectivity index (χ4n) is 2.26. The second-order valence-electron chi connectivity index (χ2n) is 5.20. The van der Waals surface area contributed by atoms with Gasteiger partial charge in [-0.15, -0.1) is 16.4 Å². The van der Waals surface area contributed by atoms with Gasteiger partial charge in [0, 0.05) is 5.92 Å². The van der Waals surface area contributed by atoms with Crippen molar-refractivity contribution < 1.29 is 9.59 Å². The summed E-state index contributed by atoms with van der Waals surface area (Å²) in [6, 6.07) is 9.28. The quantitative estimate of drug-likeness (QED) is 0.751. The second kappa shape index (κ2) is 5.03. The first-order valence-electron chi connectivity index (χ1n) is 6.96. The fraction of sp³-hybridized carbons (Fsp3) is 0.200. The predicted octanol–water partition coefficient (Wildman–Crippen LogP) is 2.62. The molecule has 4 rings (SSSR count). The molecular formula is C15H12N4O2S. The van der Waals surface area contributed by atoms with Crippen molar-refractivity contribution in [1.29, 1.82) is 0 Å². The number of fused-ring (bicyclic) bond motifs is 1. The van der Waals surface area contributed by atoms with Gasteiger partial charge in [-0.2, -0.15) is 4.98 Å². The number of aldehydes is 1. The highest BCUT2D eigenvalue weighted by molar-refractivity contribution is 7.17. The molecule has 1 aliphatic rings. The average Bonchev–Trinajstić information content (AvgIpc) is 3.13. The number of aromatic nitrogens is 3. The Balaban J connectivity index is 1.73. The first kappa shape index (κ1) is 13.1. The number of carbonyl (C=O) groups excluding carboxylic acids is 2. The topological polar surface area (TPSA) is 76.4 Å². The summed E-state index contributed by atoms with van der Waals surface area (Å²) >= 11 is 1.39. The van der Waals surface area contributed by atoms with Crippen molar-refractivity contribution in [3.05, 3.63) is 35.2 Å². The number of nitrogens with one attached hydrogen (secondary N) is 1. The molecular weight excluding hydrogens is 300 g/mol. The molecule has 0 aliphatic heterocycles. The van der Waals surface area contributed by atoms with Gasteiger partial charge < -0.3 is 0 Å². The van der Waals surface area contributed by atoms with E-state index in [4.69, 9.17) is 0 Å². The highest BCUT2D eigenvalue weighted by atomic mass is 32.1. The second-order valence-corrected chi connectivity index (χ2v) is 6.32. The van der Waals surface area contributed by atoms with Crippen molar-refractivity contribution in [3.8, 4) is 10.6 Å². The zero-order valence-electron chi connectivity index (χ0n) is 11.5. The van der Waals surface area contributed by atoms with Gasteiger partial charge >= 0.3 is 0 Å². The molecule has 22 heavy (non-hydrogen) atoms. The molecule has 3 heterocycles. The molecule has 0 spiro atoms. The maximum atomic E-state index is 11.8. The van der Waals surface area contributed by atoms with Crippen LogP contribution in [0.5, 0.6) is 0 Å². The van der Waals surface area contributed by atoms with E-state index in [1.165, 1.54) is 11.3 Å². The molecule has 1 fully saturated rings. The molecule has 1 amide bonds. The zero-order chi connectivity index (χ0) is 15.1. The molecule has 0 radical (unpaired) electrons. The van der Waals surface area contributed by atoms with Crippen molar-refractivity contribution in [2.24, 2.45) is 5.92 Å². The van der Waals surface area contributed by atoms with E-state index in [1.54, 1.807) is 10.6 Å². The molecule has 0 bridgehead atoms. The first-order valence-corrected chi connectivity index (χ1v) is 7.78. The van der Waals surface area contributed by atoms with Gasteiger partial charge in [0.2, 0.25) is 11.9 Å². The number of amides is 1. The summed E-state index contributed by atoms with van der Waals surface area (Å²) in [5.41, 5.74) is 1.50. The first-order chi connectivity index (χ1) is 10.7. The fourth-order valence-corrected chi connectivity index (χ4v) is 3.09. The summed E-state index contributed by atoms with van der Waals surface area (Å²) in [5.74, 6) is 0.409. The van der Waals surface area contributed by atoms with E-state index >= 15 is 0 Å². The van der Waals surface area contributed by atoms with E-state index < -0.39 is 0 Å². The third-order valence-corrected chi connectivity index (χ3v) is 4.57. The summed E-state index contributed by atoms with van der Waals surface area (Å²) in [6.45, 7) is 0. The molecule has 1 saturated carbocycles. The van der Waals surface area contributed by atoms with Crippen LogP contribution in [-0.2, 0) is 4.79 Å². The van der Waals surface area contributed by atoms with E-state index in [0.717, 1.165) is 29.7 Å². The number of nitrogens with zero attached hydrogens (tertiary/aromatic N) is 3. The molecule has 110 valence electrons. The molecule has 3 aromatic heterocycles. The van der Waals surface area contributed by atoms with Crippen LogP contribution in [0.2, 0.25) is 0 Å². The van der Waals surface area contributed by atoms with Gasteiger partial charge in [0.15, 0.2) is 11.9 Å². The number of pyridine rings is 1. The summed E-state index contributed by atoms with van der Waals surface area (Å²) < 4.78 is 1.68. The lowest BCUT2D eigenvalue weighted by Crippen LogP contribution is -2.14. The number of hydrogen-bond donors (Lipinski definition) is 1. The lowest BCUT2D eigenvalue weighted by atomic mass is 10.3. The van der Waals surface area contributed by atoms with Crippen molar-refractivity contribution in [3.63, 3.8) is 0 Å². The van der Waals surface area contributed by atoms with Crippen LogP contribution >= 0.6 is 11.3 Å². The Hall–Kier alpha value is -2.54. The number of thiophene rings is 1. The molecule has 7 heteroatoms. The van der Waals surface area contributed by atoms with Crippen LogP contribution in [0.3, 0.4) is 0 Å². The third kappa shape index (κ3) is 2.29. The summed E-state index contributed by atoms with van der Waals surface area (Å²) in [5, 5.41) is 7.12. The number of carbonyl (C=O) groups is 2. The molecule has 6 nitrogen and oxygen atoms in total. The van der Waals surface area contributed by atoms with E-state index in [0.29, 0.717) is 16.5 Å². The van der Waals surface area contributed by atoms with Crippen LogP contribution < -0.4 is 5.32 Å². The summed E-state index contributed by atoms with van der Waals surface area (Å²) in [4.78, 5) is 28.6. The summed E-state index contributed by atoms with van der Waals surface area (Å²) in [6.07, 6.45) is 2.71. The lowest BCUT2D eigenvalue weighted by molar-refractivity contribution is -0.117. The van der Waals surface area contributed by atoms with Crippen molar-refractivity contribution in [1.82, 2.24) is 14.6 Å². The van der Waals surface area contributed by atoms with E-state index in [1.807, 2.05) is 24.3 Å². The maximum Gasteiger partial charge on any atom is 0.249 e. The lowest BCUT2D eigenvalue weighted by Gasteiger charge is -2.00. The Kier molecular flexibility index (Phi) is 3.00. The van der Waals surface area contributed by atoms with Gasteiger partial charge in [0.1, 0.15) is 0 Å². The molecule has 1 aliphatic carbocycles. The van der Waals surface area contributed by atoms with Gasteiger partial charge in [0.05, 0.1) is 15.4 Å². The van der Waals surface area contributed by atoms with Crippen LogP contribution in [0.25, 0.3) is 16.2 Å². The monoisotopic (exact) mass is 312 g/mol. The highest BCUT2D eigenvalue weighted by Crippen LogP contribution is 2.30. The molecule has 0 aromatic carbocycles. The van der Waals surface area contributed by atoms with Crippen molar-refractivity contribution >= 4 is 35.1 Å². The minimum atomic E-state index is -0.0168. The normalized spacial score (nSPS) is 14.2. The summed E-state index contributed by atoms with van der Waals surface area (Å²) in [7, 11) is 0. The average molecular weight is 312 g/mol. The van der Waals surface area contributed by atoms with Gasteiger partial charge in [-0.3, -0.25) is 14.9 Å². The van der Waals surface area contributed by atoms with Crippen LogP contribution in [-0.4, -0.2) is 26.8 Å². The Labute approximate surface area is 129 Å². The Morgan fingerprint density at radius 2 is 2.18 bits per heavy atom. The minimum absolute atomic E-state index is 0.0168. The standard InChI is InChI=1S/C15H12N4O2S/c20-8-10-6-7-12(22-10)11-2-1-3-13-16-15(18-19(11)13)17-14(21)9-4-5-9/h1-3,6-9H,4-5H2,(H,17,18,21). The maximum absolute atomic E-state index is 11.8. The largest absolute Gasteiger partial charge is 0.297 e. The van der Waals surface area contributed by atoms with E-state index in [2.05, 4.69) is 15.4 Å². The van der Waals surface area contributed by atoms with Gasteiger partial charge in [-0.1, -0.05) is 6.07 Å². The molecule has 0 unspecified atom stereocenters. The van der Waals surface area contributed by atoms with Gasteiger partial charge in [-0.05, 0) is 37.1 Å². The Morgan fingerprint density at radius 3 is 2.91 bits per heavy atom. The van der Waals surface area contributed by atoms with Crippen LogP contribution in [0.1, 0.15) is 22.5 Å². The van der Waals surface area contributed by atoms with Crippen LogP contribution in [0.4, 0.5) is 5.95 Å². The molecule has 3 aromatic rings. The van der Waals surface area contributed by atoms with Crippen molar-refractivity contribution in [2.45, 2.75) is 12.8 Å². The SMILES string of the molecule is O=Cc1ccc(-c2cccc3nc(NC(=O)C4CC4)nn23)s1. The van der Waals surface area contributed by atoms with E-state index in [9.17, 15) is 9.59 Å². The van der Waals surface area contributed by atoms with Crippen LogP contribution in [0.15, 0.2) is 30.3 Å². The van der Waals surface area contributed by atoms with Gasteiger partial charge in [0.25, 0.3) is 0 Å². The smallest absolute Gasteiger partial charge is 0.249 e. The molecule has 0 atom stereocenters. The molecule has 1 N–H and O–H groups in total. The van der Waals surface area contributed by atoms with E-state index in [-0.39, 0.29) is 11.8 Å². The highest BCUT2D eigenvalue weighted by Gasteiger charge is 2.30. The minimum Gasteiger partial charge on any atom is -0.297 e. The Bertz CT molecular complexity index is 879. The predicted molar refractivity (Wildman–Crippen MR) is 83.0 cm³/mol. The van der Waals surface area contributed by atoms with Crippen LogP contribution in [0, 0.1) is 5.92 Å². The number of rotatable bonds is 4. The Morgan fingerprint density at radius 1 is 1.32 bits per heavy atom. The van der Waals surface area contributed by atoms with Gasteiger partial charge in [-0.25, -0.2) is 4.52 Å².